The highest BCUT2D eigenvalue weighted by Gasteiger charge is 2.21. The van der Waals surface area contributed by atoms with Gasteiger partial charge in [-0.15, -0.1) is 0 Å². The molecule has 0 saturated carbocycles. The van der Waals surface area contributed by atoms with E-state index >= 15 is 0 Å². The third kappa shape index (κ3) is 3.27. The van der Waals surface area contributed by atoms with Crippen LogP contribution in [-0.4, -0.2) is 20.9 Å². The van der Waals surface area contributed by atoms with Crippen LogP contribution in [-0.2, 0) is 5.41 Å². The highest BCUT2D eigenvalue weighted by Crippen LogP contribution is 2.30. The highest BCUT2D eigenvalue weighted by molar-refractivity contribution is 7.80. The van der Waals surface area contributed by atoms with E-state index in [4.69, 9.17) is 4.52 Å². The number of pyridine rings is 1. The molecule has 0 N–H and O–H groups in total. The van der Waals surface area contributed by atoms with Gasteiger partial charge in [-0.25, -0.2) is 4.39 Å². The average molecular weight is 329 g/mol. The van der Waals surface area contributed by atoms with Crippen molar-refractivity contribution in [1.82, 2.24) is 15.1 Å². The molecule has 118 valence electrons. The van der Waals surface area contributed by atoms with Crippen molar-refractivity contribution >= 4 is 12.6 Å². The lowest BCUT2D eigenvalue weighted by molar-refractivity contribution is 0.431. The van der Waals surface area contributed by atoms with Crippen LogP contribution in [0.15, 0.2) is 47.1 Å². The zero-order valence-corrected chi connectivity index (χ0v) is 13.7. The zero-order chi connectivity index (χ0) is 16.4. The number of hydrogen-bond donors (Lipinski definition) is 1. The molecule has 23 heavy (non-hydrogen) atoms. The van der Waals surface area contributed by atoms with Crippen LogP contribution in [0.3, 0.4) is 0 Å². The second-order valence-electron chi connectivity index (χ2n) is 5.91. The Hall–Kier alpha value is -2.21. The Labute approximate surface area is 139 Å². The zero-order valence-electron chi connectivity index (χ0n) is 12.8. The van der Waals surface area contributed by atoms with Gasteiger partial charge in [0.25, 0.3) is 5.89 Å². The van der Waals surface area contributed by atoms with Crippen LogP contribution in [0, 0.1) is 5.82 Å². The van der Waals surface area contributed by atoms with Crippen LogP contribution in [0.25, 0.3) is 23.0 Å². The van der Waals surface area contributed by atoms with Crippen LogP contribution in [0.2, 0.25) is 0 Å². The van der Waals surface area contributed by atoms with Gasteiger partial charge in [0.2, 0.25) is 5.82 Å². The maximum absolute atomic E-state index is 14.0. The van der Waals surface area contributed by atoms with Crippen molar-refractivity contribution in [2.75, 3.05) is 5.75 Å². The summed E-state index contributed by atoms with van der Waals surface area (Å²) in [4.78, 5) is 8.49. The van der Waals surface area contributed by atoms with Crippen molar-refractivity contribution in [3.05, 3.63) is 54.0 Å². The second-order valence-corrected chi connectivity index (χ2v) is 6.22. The fourth-order valence-corrected chi connectivity index (χ4v) is 2.32. The van der Waals surface area contributed by atoms with E-state index in [1.807, 2.05) is 32.0 Å². The van der Waals surface area contributed by atoms with E-state index in [-0.39, 0.29) is 17.1 Å². The van der Waals surface area contributed by atoms with Crippen LogP contribution in [0.4, 0.5) is 4.39 Å². The maximum atomic E-state index is 14.0. The van der Waals surface area contributed by atoms with Crippen molar-refractivity contribution in [3.63, 3.8) is 0 Å². The average Bonchev–Trinajstić information content (AvgIpc) is 3.05. The summed E-state index contributed by atoms with van der Waals surface area (Å²) in [5, 5.41) is 3.92. The molecule has 4 nitrogen and oxygen atoms in total. The fourth-order valence-electron chi connectivity index (χ4n) is 2.13. The van der Waals surface area contributed by atoms with E-state index in [1.165, 1.54) is 12.1 Å². The molecule has 0 aliphatic rings. The van der Waals surface area contributed by atoms with E-state index in [9.17, 15) is 4.39 Å². The van der Waals surface area contributed by atoms with Crippen molar-refractivity contribution in [1.29, 1.82) is 0 Å². The minimum atomic E-state index is -0.343. The lowest BCUT2D eigenvalue weighted by atomic mass is 9.86. The van der Waals surface area contributed by atoms with E-state index in [1.54, 1.807) is 12.3 Å². The van der Waals surface area contributed by atoms with Crippen molar-refractivity contribution < 1.29 is 8.91 Å². The molecule has 0 spiro atoms. The Balaban J connectivity index is 2.01. The molecule has 0 fully saturated rings. The van der Waals surface area contributed by atoms with Gasteiger partial charge in [0.1, 0.15) is 11.5 Å². The Morgan fingerprint density at radius 2 is 2.04 bits per heavy atom. The van der Waals surface area contributed by atoms with E-state index < -0.39 is 0 Å². The minimum Gasteiger partial charge on any atom is -0.334 e. The molecule has 3 rings (SSSR count). The monoisotopic (exact) mass is 329 g/mol. The topological polar surface area (TPSA) is 51.8 Å². The Bertz CT molecular complexity index is 818. The van der Waals surface area contributed by atoms with Crippen molar-refractivity contribution in [2.24, 2.45) is 0 Å². The first kappa shape index (κ1) is 15.7. The van der Waals surface area contributed by atoms with E-state index in [0.717, 1.165) is 5.56 Å². The summed E-state index contributed by atoms with van der Waals surface area (Å²) in [6, 6.07) is 10.2. The first-order chi connectivity index (χ1) is 11.0. The molecule has 1 aromatic carbocycles. The van der Waals surface area contributed by atoms with Gasteiger partial charge < -0.3 is 4.52 Å². The SMILES string of the molecule is CC(C)(CS)c1cc(F)cc(-c2nc(-c3ccccn3)no2)c1. The number of rotatable bonds is 4. The minimum absolute atomic E-state index is 0.260. The number of benzene rings is 1. The smallest absolute Gasteiger partial charge is 0.258 e. The van der Waals surface area contributed by atoms with E-state index in [2.05, 4.69) is 27.8 Å². The largest absolute Gasteiger partial charge is 0.334 e. The van der Waals surface area contributed by atoms with Gasteiger partial charge in [0, 0.05) is 11.8 Å². The first-order valence-corrected chi connectivity index (χ1v) is 7.80. The van der Waals surface area contributed by atoms with Crippen LogP contribution >= 0.6 is 12.6 Å². The molecule has 2 aromatic heterocycles. The summed E-state index contributed by atoms with van der Waals surface area (Å²) in [7, 11) is 0. The normalized spacial score (nSPS) is 11.7. The molecule has 0 atom stereocenters. The number of nitrogens with zero attached hydrogens (tertiary/aromatic N) is 3. The molecule has 0 aliphatic carbocycles. The molecule has 0 saturated heterocycles. The van der Waals surface area contributed by atoms with Gasteiger partial charge >= 0.3 is 0 Å². The lowest BCUT2D eigenvalue weighted by Crippen LogP contribution is -2.19. The molecule has 0 amide bonds. The molecular formula is C17H16FN3OS. The Morgan fingerprint density at radius 3 is 2.74 bits per heavy atom. The molecule has 6 heteroatoms. The van der Waals surface area contributed by atoms with Crippen LogP contribution in [0.5, 0.6) is 0 Å². The molecule has 0 aliphatic heterocycles. The molecular weight excluding hydrogens is 313 g/mol. The third-order valence-electron chi connectivity index (χ3n) is 3.64. The number of aromatic nitrogens is 3. The third-order valence-corrected chi connectivity index (χ3v) is 4.43. The van der Waals surface area contributed by atoms with Crippen molar-refractivity contribution in [2.45, 2.75) is 19.3 Å². The van der Waals surface area contributed by atoms with Crippen LogP contribution < -0.4 is 0 Å². The predicted molar refractivity (Wildman–Crippen MR) is 89.8 cm³/mol. The molecule has 0 bridgehead atoms. The van der Waals surface area contributed by atoms with Gasteiger partial charge in [-0.2, -0.15) is 17.6 Å². The summed E-state index contributed by atoms with van der Waals surface area (Å²) in [6.07, 6.45) is 1.65. The van der Waals surface area contributed by atoms with Crippen molar-refractivity contribution in [3.8, 4) is 23.0 Å². The predicted octanol–water partition coefficient (Wildman–Crippen LogP) is 4.15. The summed E-state index contributed by atoms with van der Waals surface area (Å²) < 4.78 is 19.3. The quantitative estimate of drug-likeness (QED) is 0.731. The first-order valence-electron chi connectivity index (χ1n) is 7.17. The summed E-state index contributed by atoms with van der Waals surface area (Å²) >= 11 is 4.34. The Kier molecular flexibility index (Phi) is 4.17. The Morgan fingerprint density at radius 1 is 1.22 bits per heavy atom. The lowest BCUT2D eigenvalue weighted by Gasteiger charge is -2.23. The number of halogens is 1. The molecule has 0 radical (unpaired) electrons. The van der Waals surface area contributed by atoms with Gasteiger partial charge in [-0.3, -0.25) is 4.98 Å². The summed E-state index contributed by atoms with van der Waals surface area (Å²) in [5.41, 5.74) is 1.73. The van der Waals surface area contributed by atoms with Gasteiger partial charge in [-0.1, -0.05) is 25.1 Å². The number of hydrogen-bond acceptors (Lipinski definition) is 5. The molecule has 0 unspecified atom stereocenters. The summed E-state index contributed by atoms with van der Waals surface area (Å²) in [6.45, 7) is 4.01. The number of thiol groups is 1. The maximum Gasteiger partial charge on any atom is 0.258 e. The van der Waals surface area contributed by atoms with E-state index in [0.29, 0.717) is 22.8 Å². The van der Waals surface area contributed by atoms with Gasteiger partial charge in [-0.05, 0) is 47.1 Å². The van der Waals surface area contributed by atoms with Crippen LogP contribution in [0.1, 0.15) is 19.4 Å². The standard InChI is InChI=1S/C17H16FN3OS/c1-17(2,10-23)12-7-11(8-13(18)9-12)16-20-15(21-22-16)14-5-3-4-6-19-14/h3-9,23H,10H2,1-2H3. The highest BCUT2D eigenvalue weighted by atomic mass is 32.1. The summed E-state index contributed by atoms with van der Waals surface area (Å²) in [5.74, 6) is 0.894. The fraction of sp³-hybridized carbons (Fsp3) is 0.235. The second kappa shape index (κ2) is 6.12. The van der Waals surface area contributed by atoms with Gasteiger partial charge in [0.05, 0.1) is 0 Å². The molecule has 3 aromatic rings. The molecule has 2 heterocycles. The van der Waals surface area contributed by atoms with Gasteiger partial charge in [0.15, 0.2) is 0 Å².